The van der Waals surface area contributed by atoms with Gasteiger partial charge < -0.3 is 10.3 Å². The number of aryl methyl sites for hydroxylation is 1. The first kappa shape index (κ1) is 13.4. The van der Waals surface area contributed by atoms with Crippen molar-refractivity contribution in [3.05, 3.63) is 36.8 Å². The molecule has 0 unspecified atom stereocenters. The molecule has 0 aliphatic rings. The highest BCUT2D eigenvalue weighted by atomic mass is 32.2. The molecule has 7 heteroatoms. The van der Waals surface area contributed by atoms with E-state index < -0.39 is 10.0 Å². The van der Waals surface area contributed by atoms with Crippen molar-refractivity contribution in [2.75, 3.05) is 17.1 Å². The van der Waals surface area contributed by atoms with E-state index in [1.54, 1.807) is 28.8 Å². The minimum Gasteiger partial charge on any atom is -0.397 e. The first-order valence-electron chi connectivity index (χ1n) is 5.82. The van der Waals surface area contributed by atoms with E-state index in [0.717, 1.165) is 4.31 Å². The topological polar surface area (TPSA) is 81.2 Å². The Hall–Kier alpha value is -2.02. The number of nitrogen functional groups attached to an aromatic ring is 1. The molecule has 2 rings (SSSR count). The molecular formula is C12H16N4O2S. The summed E-state index contributed by atoms with van der Waals surface area (Å²) in [5.41, 5.74) is 6.64. The number of nitrogens with two attached hydrogens (primary N) is 1. The fourth-order valence-electron chi connectivity index (χ4n) is 1.69. The number of anilines is 2. The molecule has 0 amide bonds. The fourth-order valence-corrected chi connectivity index (χ4v) is 2.84. The summed E-state index contributed by atoms with van der Waals surface area (Å²) in [5, 5.41) is 0.0140. The van der Waals surface area contributed by atoms with Gasteiger partial charge in [0, 0.05) is 19.8 Å². The number of hydrogen-bond donors (Lipinski definition) is 1. The minimum absolute atomic E-state index is 0.0140. The van der Waals surface area contributed by atoms with Crippen LogP contribution in [-0.2, 0) is 16.6 Å². The molecule has 2 N–H and O–H groups in total. The molecule has 0 fully saturated rings. The number of aromatic nitrogens is 2. The Morgan fingerprint density at radius 2 is 2.05 bits per heavy atom. The molecule has 0 aliphatic carbocycles. The lowest BCUT2D eigenvalue weighted by Gasteiger charge is -2.19. The highest BCUT2D eigenvalue weighted by Crippen LogP contribution is 2.26. The molecule has 6 nitrogen and oxygen atoms in total. The summed E-state index contributed by atoms with van der Waals surface area (Å²) in [4.78, 5) is 3.93. The lowest BCUT2D eigenvalue weighted by atomic mass is 10.3. The van der Waals surface area contributed by atoms with Gasteiger partial charge in [-0.25, -0.2) is 4.98 Å². The van der Waals surface area contributed by atoms with Crippen molar-refractivity contribution >= 4 is 21.4 Å². The maximum atomic E-state index is 12.4. The van der Waals surface area contributed by atoms with Gasteiger partial charge in [-0.1, -0.05) is 12.1 Å². The van der Waals surface area contributed by atoms with Gasteiger partial charge >= 0.3 is 0 Å². The number of sulfonamides is 1. The van der Waals surface area contributed by atoms with Crippen LogP contribution in [0.5, 0.6) is 0 Å². The quantitative estimate of drug-likeness (QED) is 0.856. The van der Waals surface area contributed by atoms with Crippen LogP contribution < -0.4 is 10.0 Å². The molecule has 0 atom stereocenters. The van der Waals surface area contributed by atoms with E-state index in [4.69, 9.17) is 5.73 Å². The van der Waals surface area contributed by atoms with Gasteiger partial charge in [-0.15, -0.1) is 0 Å². The summed E-state index contributed by atoms with van der Waals surface area (Å²) in [7, 11) is -2.22. The maximum absolute atomic E-state index is 12.4. The van der Waals surface area contributed by atoms with E-state index in [1.165, 1.54) is 19.6 Å². The zero-order valence-electron chi connectivity index (χ0n) is 10.8. The summed E-state index contributed by atoms with van der Waals surface area (Å²) >= 11 is 0. The predicted molar refractivity (Wildman–Crippen MR) is 74.3 cm³/mol. The zero-order chi connectivity index (χ0) is 14.0. The summed E-state index contributed by atoms with van der Waals surface area (Å²) in [6.07, 6.45) is 3.00. The van der Waals surface area contributed by atoms with Gasteiger partial charge in [0.1, 0.15) is 0 Å². The third kappa shape index (κ3) is 2.41. The molecule has 0 bridgehead atoms. The van der Waals surface area contributed by atoms with Crippen LogP contribution in [0.3, 0.4) is 0 Å². The highest BCUT2D eigenvalue weighted by Gasteiger charge is 2.24. The van der Waals surface area contributed by atoms with E-state index in [0.29, 0.717) is 17.9 Å². The van der Waals surface area contributed by atoms with E-state index in [2.05, 4.69) is 4.98 Å². The number of nitrogens with zero attached hydrogens (tertiary/aromatic N) is 3. The van der Waals surface area contributed by atoms with Crippen LogP contribution in [-0.4, -0.2) is 25.0 Å². The van der Waals surface area contributed by atoms with Gasteiger partial charge in [-0.05, 0) is 19.1 Å². The van der Waals surface area contributed by atoms with Gasteiger partial charge in [0.05, 0.1) is 17.7 Å². The van der Waals surface area contributed by atoms with Crippen molar-refractivity contribution in [3.8, 4) is 0 Å². The molecule has 0 saturated heterocycles. The van der Waals surface area contributed by atoms with Crippen molar-refractivity contribution in [1.29, 1.82) is 0 Å². The predicted octanol–water partition coefficient (Wildman–Crippen LogP) is 1.31. The van der Waals surface area contributed by atoms with E-state index >= 15 is 0 Å². The van der Waals surface area contributed by atoms with E-state index in [1.807, 2.05) is 6.92 Å². The molecular weight excluding hydrogens is 264 g/mol. The lowest BCUT2D eigenvalue weighted by molar-refractivity contribution is 0.591. The van der Waals surface area contributed by atoms with Crippen molar-refractivity contribution in [3.63, 3.8) is 0 Å². The van der Waals surface area contributed by atoms with Crippen LogP contribution in [0.2, 0.25) is 0 Å². The second kappa shape index (κ2) is 4.93. The third-order valence-electron chi connectivity index (χ3n) is 2.88. The Morgan fingerprint density at radius 3 is 2.63 bits per heavy atom. The van der Waals surface area contributed by atoms with Gasteiger partial charge in [0.25, 0.3) is 10.0 Å². The second-order valence-corrected chi connectivity index (χ2v) is 5.99. The highest BCUT2D eigenvalue weighted by molar-refractivity contribution is 7.92. The van der Waals surface area contributed by atoms with Crippen LogP contribution in [0, 0.1) is 0 Å². The average molecular weight is 280 g/mol. The normalized spacial score (nSPS) is 11.5. The van der Waals surface area contributed by atoms with Crippen LogP contribution >= 0.6 is 0 Å². The van der Waals surface area contributed by atoms with Gasteiger partial charge in [-0.2, -0.15) is 8.42 Å². The van der Waals surface area contributed by atoms with E-state index in [9.17, 15) is 8.42 Å². The monoisotopic (exact) mass is 280 g/mol. The summed E-state index contributed by atoms with van der Waals surface area (Å²) < 4.78 is 27.7. The first-order valence-corrected chi connectivity index (χ1v) is 7.26. The number of benzene rings is 1. The zero-order valence-corrected chi connectivity index (χ0v) is 11.6. The first-order chi connectivity index (χ1) is 8.96. The Balaban J connectivity index is 2.42. The van der Waals surface area contributed by atoms with Gasteiger partial charge in [0.2, 0.25) is 0 Å². The maximum Gasteiger partial charge on any atom is 0.283 e. The number of rotatable bonds is 4. The fraction of sp³-hybridized carbons (Fsp3) is 0.250. The Kier molecular flexibility index (Phi) is 3.48. The van der Waals surface area contributed by atoms with Crippen LogP contribution in [0.15, 0.2) is 41.8 Å². The molecule has 2 aromatic rings. The molecule has 1 aromatic carbocycles. The average Bonchev–Trinajstić information content (AvgIpc) is 2.88. The molecule has 19 heavy (non-hydrogen) atoms. The number of hydrogen-bond acceptors (Lipinski definition) is 4. The SMILES string of the molecule is CCn1cnc(S(=O)(=O)N(C)c2ccccc2N)c1. The molecule has 0 spiro atoms. The largest absolute Gasteiger partial charge is 0.397 e. The minimum atomic E-state index is -3.68. The molecule has 0 radical (unpaired) electrons. The van der Waals surface area contributed by atoms with Crippen molar-refractivity contribution in [1.82, 2.24) is 9.55 Å². The third-order valence-corrected chi connectivity index (χ3v) is 4.53. The smallest absolute Gasteiger partial charge is 0.283 e. The van der Waals surface area contributed by atoms with Gasteiger partial charge in [0.15, 0.2) is 5.03 Å². The summed E-state index contributed by atoms with van der Waals surface area (Å²) in [6.45, 7) is 2.58. The summed E-state index contributed by atoms with van der Waals surface area (Å²) in [6, 6.07) is 6.81. The van der Waals surface area contributed by atoms with E-state index in [-0.39, 0.29) is 5.03 Å². The van der Waals surface area contributed by atoms with Gasteiger partial charge in [-0.3, -0.25) is 4.31 Å². The molecule has 1 heterocycles. The lowest BCUT2D eigenvalue weighted by Crippen LogP contribution is -2.27. The Morgan fingerprint density at radius 1 is 1.37 bits per heavy atom. The standard InChI is InChI=1S/C12H16N4O2S/c1-3-16-8-12(14-9-16)19(17,18)15(2)11-7-5-4-6-10(11)13/h4-9H,3,13H2,1-2H3. The molecule has 102 valence electrons. The summed E-state index contributed by atoms with van der Waals surface area (Å²) in [5.74, 6) is 0. The molecule has 1 aromatic heterocycles. The van der Waals surface area contributed by atoms with Crippen molar-refractivity contribution in [2.45, 2.75) is 18.5 Å². The van der Waals surface area contributed by atoms with Crippen molar-refractivity contribution < 1.29 is 8.42 Å². The van der Waals surface area contributed by atoms with Crippen LogP contribution in [0.4, 0.5) is 11.4 Å². The molecule has 0 aliphatic heterocycles. The van der Waals surface area contributed by atoms with Crippen LogP contribution in [0.25, 0.3) is 0 Å². The van der Waals surface area contributed by atoms with Crippen LogP contribution in [0.1, 0.15) is 6.92 Å². The Labute approximate surface area is 112 Å². The second-order valence-electron chi connectivity index (χ2n) is 4.07. The Bertz CT molecular complexity index is 679. The number of para-hydroxylation sites is 2. The number of imidazole rings is 1. The molecule has 0 saturated carbocycles. The van der Waals surface area contributed by atoms with Crippen molar-refractivity contribution in [2.24, 2.45) is 0 Å².